The molecule has 0 aliphatic carbocycles. The number of aliphatic carboxylic acids is 1. The van der Waals surface area contributed by atoms with Crippen LogP contribution in [0, 0.1) is 23.0 Å². The van der Waals surface area contributed by atoms with Gasteiger partial charge in [-0.25, -0.2) is 8.78 Å². The molecule has 248 valence electrons. The number of carboxylic acids is 1. The summed E-state index contributed by atoms with van der Waals surface area (Å²) in [6.45, 7) is 6.91. The Labute approximate surface area is 268 Å². The van der Waals surface area contributed by atoms with E-state index < -0.39 is 53.4 Å². The van der Waals surface area contributed by atoms with Crippen molar-refractivity contribution in [2.75, 3.05) is 19.7 Å². The third kappa shape index (κ3) is 10.1. The van der Waals surface area contributed by atoms with E-state index >= 15 is 0 Å². The molecule has 11 heteroatoms. The van der Waals surface area contributed by atoms with Gasteiger partial charge in [-0.2, -0.15) is 0 Å². The Hall–Kier alpha value is -4.38. The lowest BCUT2D eigenvalue weighted by Crippen LogP contribution is -2.44. The van der Waals surface area contributed by atoms with Gasteiger partial charge in [0.05, 0.1) is 18.5 Å². The second-order valence-corrected chi connectivity index (χ2v) is 12.6. The van der Waals surface area contributed by atoms with E-state index in [-0.39, 0.29) is 37.3 Å². The molecule has 46 heavy (non-hydrogen) atoms. The molecule has 2 unspecified atom stereocenters. The number of nitrogens with zero attached hydrogens (tertiary/aromatic N) is 2. The van der Waals surface area contributed by atoms with Crippen LogP contribution in [0.25, 0.3) is 11.1 Å². The Balaban J connectivity index is 1.85. The van der Waals surface area contributed by atoms with Crippen molar-refractivity contribution in [3.05, 3.63) is 83.7 Å². The number of ketones is 1. The molecule has 1 heterocycles. The van der Waals surface area contributed by atoms with Gasteiger partial charge in [-0.15, -0.1) is 0 Å². The molecular formula is C35H43F2N3O6. The van der Waals surface area contributed by atoms with Crippen LogP contribution in [0.4, 0.5) is 8.78 Å². The Morgan fingerprint density at radius 1 is 1.00 bits per heavy atom. The lowest BCUT2D eigenvalue weighted by atomic mass is 9.82. The van der Waals surface area contributed by atoms with Crippen molar-refractivity contribution in [3.63, 3.8) is 0 Å². The standard InChI is InChI=1S/C35H43F2N3O6/c1-23(34(45)46)16-31(43)38-19-27(42)12-8-9-15-40(32(44)22-41)33(35(2,3)4)30-17-25(28-18-26(36)13-14-29(28)37)21-39(30)20-24-10-6-5-7-11-24/h5-7,10-11,13-14,17-18,21,23,33,41H,8-9,12,15-16,19-20,22H2,1-4H3,(H,38,43)(H,45,46). The molecule has 1 aromatic heterocycles. The van der Waals surface area contributed by atoms with Crippen molar-refractivity contribution in [2.45, 2.75) is 66.0 Å². The molecule has 3 N–H and O–H groups in total. The van der Waals surface area contributed by atoms with E-state index in [1.807, 2.05) is 55.7 Å². The smallest absolute Gasteiger partial charge is 0.306 e. The molecule has 2 atom stereocenters. The van der Waals surface area contributed by atoms with Gasteiger partial charge in [0.25, 0.3) is 0 Å². The average molecular weight is 640 g/mol. The molecule has 0 fully saturated rings. The number of unbranched alkanes of at least 4 members (excludes halogenated alkanes) is 1. The second kappa shape index (κ2) is 16.3. The average Bonchev–Trinajstić information content (AvgIpc) is 3.40. The molecule has 0 saturated heterocycles. The number of amides is 2. The van der Waals surface area contributed by atoms with Gasteiger partial charge in [-0.3, -0.25) is 19.2 Å². The SMILES string of the molecule is CC(CC(=O)NCC(=O)CCCCN(C(=O)CO)C(c1cc(-c2cc(F)ccc2F)cn1Cc1ccccc1)C(C)(C)C)C(=O)O. The van der Waals surface area contributed by atoms with Crippen LogP contribution < -0.4 is 5.32 Å². The third-order valence-electron chi connectivity index (χ3n) is 7.73. The van der Waals surface area contributed by atoms with E-state index in [2.05, 4.69) is 5.32 Å². The van der Waals surface area contributed by atoms with Gasteiger partial charge >= 0.3 is 5.97 Å². The summed E-state index contributed by atoms with van der Waals surface area (Å²) in [6.07, 6.45) is 2.46. The zero-order chi connectivity index (χ0) is 34.0. The Bertz CT molecular complexity index is 1520. The number of nitrogens with one attached hydrogen (secondary N) is 1. The van der Waals surface area contributed by atoms with Gasteiger partial charge in [-0.05, 0) is 48.1 Å². The van der Waals surface area contributed by atoms with Crippen molar-refractivity contribution >= 4 is 23.6 Å². The molecule has 3 rings (SSSR count). The van der Waals surface area contributed by atoms with E-state index in [9.17, 15) is 33.1 Å². The molecule has 2 aromatic carbocycles. The van der Waals surface area contributed by atoms with Crippen molar-refractivity contribution in [1.29, 1.82) is 0 Å². The number of aliphatic hydroxyl groups excluding tert-OH is 1. The zero-order valence-corrected chi connectivity index (χ0v) is 26.8. The summed E-state index contributed by atoms with van der Waals surface area (Å²) in [5, 5.41) is 21.4. The van der Waals surface area contributed by atoms with Gasteiger partial charge in [0.15, 0.2) is 5.78 Å². The molecule has 0 radical (unpaired) electrons. The van der Waals surface area contributed by atoms with E-state index in [0.29, 0.717) is 30.6 Å². The number of aliphatic hydroxyl groups is 1. The Kier molecular flexibility index (Phi) is 12.8. The molecule has 0 aliphatic rings. The molecule has 9 nitrogen and oxygen atoms in total. The minimum Gasteiger partial charge on any atom is -0.481 e. The first kappa shape index (κ1) is 36.1. The molecule has 0 aliphatic heterocycles. The first-order valence-corrected chi connectivity index (χ1v) is 15.3. The Morgan fingerprint density at radius 3 is 2.33 bits per heavy atom. The van der Waals surface area contributed by atoms with E-state index in [1.165, 1.54) is 6.92 Å². The molecule has 0 saturated carbocycles. The largest absolute Gasteiger partial charge is 0.481 e. The van der Waals surface area contributed by atoms with Crippen molar-refractivity contribution in [1.82, 2.24) is 14.8 Å². The van der Waals surface area contributed by atoms with Gasteiger partial charge in [0.2, 0.25) is 11.8 Å². The minimum absolute atomic E-state index is 0.0868. The van der Waals surface area contributed by atoms with Gasteiger partial charge < -0.3 is 25.0 Å². The quantitative estimate of drug-likeness (QED) is 0.181. The number of hydrogen-bond donors (Lipinski definition) is 3. The monoisotopic (exact) mass is 639 g/mol. The number of carbonyl (C=O) groups is 4. The second-order valence-electron chi connectivity index (χ2n) is 12.6. The highest BCUT2D eigenvalue weighted by Gasteiger charge is 2.37. The van der Waals surface area contributed by atoms with E-state index in [0.717, 1.165) is 23.8 Å². The fraction of sp³-hybridized carbons (Fsp3) is 0.429. The van der Waals surface area contributed by atoms with Crippen LogP contribution in [-0.4, -0.2) is 62.9 Å². The molecule has 0 bridgehead atoms. The zero-order valence-electron chi connectivity index (χ0n) is 26.8. The third-order valence-corrected chi connectivity index (χ3v) is 7.73. The fourth-order valence-electron chi connectivity index (χ4n) is 5.43. The van der Waals surface area contributed by atoms with Crippen LogP contribution in [-0.2, 0) is 25.7 Å². The number of rotatable bonds is 16. The van der Waals surface area contributed by atoms with Crippen molar-refractivity contribution < 1.29 is 38.2 Å². The number of halogens is 2. The van der Waals surface area contributed by atoms with Crippen LogP contribution in [0.2, 0.25) is 0 Å². The van der Waals surface area contributed by atoms with E-state index in [1.54, 1.807) is 17.2 Å². The van der Waals surface area contributed by atoms with Crippen LogP contribution in [0.5, 0.6) is 0 Å². The predicted octanol–water partition coefficient (Wildman–Crippen LogP) is 5.36. The van der Waals surface area contributed by atoms with Gasteiger partial charge in [0.1, 0.15) is 18.2 Å². The number of aromatic nitrogens is 1. The van der Waals surface area contributed by atoms with Crippen LogP contribution >= 0.6 is 0 Å². The Morgan fingerprint density at radius 2 is 1.70 bits per heavy atom. The number of carboxylic acid groups (broad SMARTS) is 1. The summed E-state index contributed by atoms with van der Waals surface area (Å²) in [5.74, 6) is -4.40. The predicted molar refractivity (Wildman–Crippen MR) is 170 cm³/mol. The first-order chi connectivity index (χ1) is 21.7. The highest BCUT2D eigenvalue weighted by molar-refractivity contribution is 5.87. The lowest BCUT2D eigenvalue weighted by molar-refractivity contribution is -0.143. The number of carbonyl (C=O) groups excluding carboxylic acids is 3. The number of hydrogen-bond acceptors (Lipinski definition) is 5. The maximum Gasteiger partial charge on any atom is 0.306 e. The summed E-state index contributed by atoms with van der Waals surface area (Å²) >= 11 is 0. The van der Waals surface area contributed by atoms with Gasteiger partial charge in [0, 0.05) is 48.9 Å². The van der Waals surface area contributed by atoms with Gasteiger partial charge in [-0.1, -0.05) is 58.0 Å². The normalized spacial score (nSPS) is 12.8. The first-order valence-electron chi connectivity index (χ1n) is 15.3. The van der Waals surface area contributed by atoms with Crippen molar-refractivity contribution in [3.8, 4) is 11.1 Å². The summed E-state index contributed by atoms with van der Waals surface area (Å²) in [6, 6.07) is 14.0. The minimum atomic E-state index is -1.10. The number of Topliss-reactive ketones (excluding diaryl/α,β-unsaturated/α-hetero) is 1. The van der Waals surface area contributed by atoms with Crippen molar-refractivity contribution in [2.24, 2.45) is 11.3 Å². The summed E-state index contributed by atoms with van der Waals surface area (Å²) in [5.41, 5.74) is 1.60. The fourth-order valence-corrected chi connectivity index (χ4v) is 5.43. The lowest BCUT2D eigenvalue weighted by Gasteiger charge is -2.41. The number of benzene rings is 2. The maximum absolute atomic E-state index is 14.9. The highest BCUT2D eigenvalue weighted by atomic mass is 19.1. The summed E-state index contributed by atoms with van der Waals surface area (Å²) in [4.78, 5) is 50.1. The summed E-state index contributed by atoms with van der Waals surface area (Å²) in [7, 11) is 0. The maximum atomic E-state index is 14.9. The topological polar surface area (TPSA) is 129 Å². The molecule has 2 amide bonds. The summed E-state index contributed by atoms with van der Waals surface area (Å²) < 4.78 is 31.0. The molecule has 3 aromatic rings. The van der Waals surface area contributed by atoms with Crippen LogP contribution in [0.15, 0.2) is 60.8 Å². The van der Waals surface area contributed by atoms with Crippen LogP contribution in [0.3, 0.4) is 0 Å². The molecular weight excluding hydrogens is 596 g/mol. The van der Waals surface area contributed by atoms with E-state index in [4.69, 9.17) is 5.11 Å². The highest BCUT2D eigenvalue weighted by Crippen LogP contribution is 2.41. The van der Waals surface area contributed by atoms with Crippen LogP contribution in [0.1, 0.15) is 70.7 Å². The molecule has 0 spiro atoms.